The number of aryl methyl sites for hydroxylation is 3. The van der Waals surface area contributed by atoms with E-state index in [1.54, 1.807) is 0 Å². The average molecular weight is 379 g/mol. The second-order valence-electron chi connectivity index (χ2n) is 6.82. The minimum atomic E-state index is -0.449. The van der Waals surface area contributed by atoms with Gasteiger partial charge in [0.2, 0.25) is 0 Å². The average Bonchev–Trinajstić information content (AvgIpc) is 2.95. The molecule has 0 atom stereocenters. The number of nitrogens with one attached hydrogen (secondary N) is 2. The predicted octanol–water partition coefficient (Wildman–Crippen LogP) is 2.55. The fourth-order valence-electron chi connectivity index (χ4n) is 3.30. The number of carbonyl (C=O) groups excluding carboxylic acids is 1. The largest absolute Gasteiger partial charge is 0.351 e. The van der Waals surface area contributed by atoms with Crippen LogP contribution in [-0.2, 0) is 13.0 Å². The molecule has 0 aliphatic carbocycles. The Labute approximate surface area is 163 Å². The third kappa shape index (κ3) is 4.03. The summed E-state index contributed by atoms with van der Waals surface area (Å²) < 4.78 is 1.95. The lowest BCUT2D eigenvalue weighted by atomic mass is 10.1. The van der Waals surface area contributed by atoms with Gasteiger partial charge in [-0.2, -0.15) is 5.10 Å². The van der Waals surface area contributed by atoms with Gasteiger partial charge in [-0.15, -0.1) is 0 Å². The van der Waals surface area contributed by atoms with Gasteiger partial charge in [0.05, 0.1) is 5.69 Å². The van der Waals surface area contributed by atoms with Crippen molar-refractivity contribution < 1.29 is 4.79 Å². The number of aromatic amines is 1. The molecule has 0 saturated heterocycles. The molecular formula is C21H25N5O2. The van der Waals surface area contributed by atoms with Crippen molar-refractivity contribution in [1.29, 1.82) is 0 Å². The van der Waals surface area contributed by atoms with Crippen molar-refractivity contribution in [2.45, 2.75) is 40.7 Å². The van der Waals surface area contributed by atoms with Crippen molar-refractivity contribution >= 4 is 5.91 Å². The fourth-order valence-corrected chi connectivity index (χ4v) is 3.30. The smallest absolute Gasteiger partial charge is 0.264 e. The topological polar surface area (TPSA) is 92.7 Å². The number of H-pyrrole nitrogens is 1. The van der Waals surface area contributed by atoms with Gasteiger partial charge in [-0.3, -0.25) is 14.3 Å². The van der Waals surface area contributed by atoms with Crippen LogP contribution in [0.5, 0.6) is 0 Å². The van der Waals surface area contributed by atoms with Crippen LogP contribution < -0.4 is 10.9 Å². The van der Waals surface area contributed by atoms with Gasteiger partial charge in [0, 0.05) is 30.5 Å². The normalized spacial score (nSPS) is 10.9. The third-order valence-corrected chi connectivity index (χ3v) is 4.83. The second-order valence-corrected chi connectivity index (χ2v) is 6.82. The number of benzene rings is 1. The van der Waals surface area contributed by atoms with Crippen molar-refractivity contribution in [3.63, 3.8) is 0 Å². The molecule has 7 nitrogen and oxygen atoms in total. The van der Waals surface area contributed by atoms with Crippen molar-refractivity contribution in [2.24, 2.45) is 0 Å². The number of carbonyl (C=O) groups is 1. The first-order chi connectivity index (χ1) is 13.4. The van der Waals surface area contributed by atoms with Crippen LogP contribution in [0, 0.1) is 20.8 Å². The van der Waals surface area contributed by atoms with Gasteiger partial charge in [-0.05, 0) is 45.7 Å². The first-order valence-corrected chi connectivity index (χ1v) is 9.38. The first-order valence-electron chi connectivity index (χ1n) is 9.38. The van der Waals surface area contributed by atoms with Gasteiger partial charge in [-0.1, -0.05) is 23.8 Å². The van der Waals surface area contributed by atoms with Gasteiger partial charge >= 0.3 is 0 Å². The fraction of sp³-hybridized carbons (Fsp3) is 0.333. The summed E-state index contributed by atoms with van der Waals surface area (Å²) in [5.74, 6) is 0.0196. The van der Waals surface area contributed by atoms with E-state index in [-0.39, 0.29) is 5.56 Å². The summed E-state index contributed by atoms with van der Waals surface area (Å²) in [6.45, 7) is 9.25. The summed E-state index contributed by atoms with van der Waals surface area (Å²) in [7, 11) is 0. The molecule has 2 N–H and O–H groups in total. The molecule has 0 bridgehead atoms. The Bertz CT molecular complexity index is 1060. The standard InChI is InChI=1S/C21H25N5O2/c1-5-26-15(4)17(14(3)25-26)9-10-22-20(27)18-12-23-19(24-21(18)28)16-8-6-7-13(2)11-16/h6-8,11-12H,5,9-10H2,1-4H3,(H,22,27)(H,23,24,28). The lowest BCUT2D eigenvalue weighted by Gasteiger charge is -2.07. The van der Waals surface area contributed by atoms with E-state index in [0.717, 1.165) is 34.6 Å². The number of aromatic nitrogens is 4. The Hall–Kier alpha value is -3.22. The summed E-state index contributed by atoms with van der Waals surface area (Å²) in [6.07, 6.45) is 1.99. The molecule has 2 heterocycles. The molecule has 1 aromatic carbocycles. The molecule has 3 aromatic rings. The molecular weight excluding hydrogens is 354 g/mol. The van der Waals surface area contributed by atoms with Gasteiger partial charge < -0.3 is 10.3 Å². The molecule has 2 aromatic heterocycles. The third-order valence-electron chi connectivity index (χ3n) is 4.83. The molecule has 1 amide bonds. The second kappa shape index (κ2) is 8.21. The Balaban J connectivity index is 1.68. The number of rotatable bonds is 6. The van der Waals surface area contributed by atoms with Crippen molar-refractivity contribution in [3.05, 3.63) is 68.9 Å². The SMILES string of the molecule is CCn1nc(C)c(CCNC(=O)c2cnc(-c3cccc(C)c3)[nH]c2=O)c1C. The van der Waals surface area contributed by atoms with E-state index < -0.39 is 11.5 Å². The van der Waals surface area contributed by atoms with Crippen molar-refractivity contribution in [2.75, 3.05) is 6.54 Å². The number of amides is 1. The summed E-state index contributed by atoms with van der Waals surface area (Å²) in [6, 6.07) is 7.66. The highest BCUT2D eigenvalue weighted by molar-refractivity contribution is 5.93. The minimum Gasteiger partial charge on any atom is -0.351 e. The molecule has 28 heavy (non-hydrogen) atoms. The van der Waals surface area contributed by atoms with Gasteiger partial charge in [0.15, 0.2) is 0 Å². The van der Waals surface area contributed by atoms with Crippen LogP contribution in [-0.4, -0.2) is 32.2 Å². The molecule has 146 valence electrons. The number of nitrogens with zero attached hydrogens (tertiary/aromatic N) is 3. The van der Waals surface area contributed by atoms with E-state index in [2.05, 4.69) is 20.4 Å². The number of hydrogen-bond donors (Lipinski definition) is 2. The Morgan fingerprint density at radius 1 is 1.25 bits per heavy atom. The Morgan fingerprint density at radius 3 is 2.68 bits per heavy atom. The molecule has 0 fully saturated rings. The maximum absolute atomic E-state index is 12.4. The summed E-state index contributed by atoms with van der Waals surface area (Å²) in [5.41, 5.74) is 4.64. The molecule has 3 rings (SSSR count). The van der Waals surface area contributed by atoms with E-state index in [9.17, 15) is 9.59 Å². The Morgan fingerprint density at radius 2 is 2.04 bits per heavy atom. The van der Waals surface area contributed by atoms with Crippen LogP contribution in [0.3, 0.4) is 0 Å². The molecule has 0 saturated carbocycles. The van der Waals surface area contributed by atoms with E-state index in [1.165, 1.54) is 6.20 Å². The van der Waals surface area contributed by atoms with Crippen LogP contribution in [0.25, 0.3) is 11.4 Å². The number of hydrogen-bond acceptors (Lipinski definition) is 4. The van der Waals surface area contributed by atoms with Crippen molar-refractivity contribution in [1.82, 2.24) is 25.1 Å². The Kier molecular flexibility index (Phi) is 5.73. The zero-order valence-electron chi connectivity index (χ0n) is 16.7. The summed E-state index contributed by atoms with van der Waals surface area (Å²) >= 11 is 0. The zero-order valence-corrected chi connectivity index (χ0v) is 16.7. The molecule has 0 spiro atoms. The molecule has 0 aliphatic heterocycles. The highest BCUT2D eigenvalue weighted by atomic mass is 16.2. The highest BCUT2D eigenvalue weighted by Gasteiger charge is 2.14. The van der Waals surface area contributed by atoms with E-state index >= 15 is 0 Å². The first kappa shape index (κ1) is 19.5. The van der Waals surface area contributed by atoms with Crippen molar-refractivity contribution in [3.8, 4) is 11.4 Å². The van der Waals surface area contributed by atoms with Crippen LogP contribution >= 0.6 is 0 Å². The van der Waals surface area contributed by atoms with Gasteiger partial charge in [-0.25, -0.2) is 4.98 Å². The highest BCUT2D eigenvalue weighted by Crippen LogP contribution is 2.15. The van der Waals surface area contributed by atoms with E-state index in [0.29, 0.717) is 18.8 Å². The molecule has 0 aliphatic rings. The van der Waals surface area contributed by atoms with Gasteiger partial charge in [0.25, 0.3) is 11.5 Å². The van der Waals surface area contributed by atoms with Crippen LogP contribution in [0.1, 0.15) is 39.8 Å². The molecule has 0 radical (unpaired) electrons. The summed E-state index contributed by atoms with van der Waals surface area (Å²) in [5, 5.41) is 7.28. The van der Waals surface area contributed by atoms with Crippen LogP contribution in [0.4, 0.5) is 0 Å². The van der Waals surface area contributed by atoms with Crippen LogP contribution in [0.15, 0.2) is 35.3 Å². The summed E-state index contributed by atoms with van der Waals surface area (Å²) in [4.78, 5) is 31.7. The minimum absolute atomic E-state index is 0.00843. The zero-order chi connectivity index (χ0) is 20.3. The van der Waals surface area contributed by atoms with Gasteiger partial charge in [0.1, 0.15) is 11.4 Å². The van der Waals surface area contributed by atoms with Crippen LogP contribution in [0.2, 0.25) is 0 Å². The maximum atomic E-state index is 12.4. The van der Waals surface area contributed by atoms with E-state index in [4.69, 9.17) is 0 Å². The lowest BCUT2D eigenvalue weighted by Crippen LogP contribution is -2.31. The predicted molar refractivity (Wildman–Crippen MR) is 108 cm³/mol. The maximum Gasteiger partial charge on any atom is 0.264 e. The quantitative estimate of drug-likeness (QED) is 0.688. The van der Waals surface area contributed by atoms with E-state index in [1.807, 2.05) is 56.6 Å². The molecule has 7 heteroatoms. The molecule has 0 unspecified atom stereocenters. The monoisotopic (exact) mass is 379 g/mol. The lowest BCUT2D eigenvalue weighted by molar-refractivity contribution is 0.0952.